The average molecular weight is 132 g/mol. The second kappa shape index (κ2) is 2.34. The zero-order chi connectivity index (χ0) is 5.33. The van der Waals surface area contributed by atoms with Crippen LogP contribution in [-0.4, -0.2) is 5.54 Å². The Morgan fingerprint density at radius 1 is 1.50 bits per heavy atom. The van der Waals surface area contributed by atoms with Gasteiger partial charge in [-0.1, -0.05) is 0 Å². The Morgan fingerprint density at radius 2 is 2.00 bits per heavy atom. The number of hydrogen-bond acceptors (Lipinski definition) is 2. The van der Waals surface area contributed by atoms with Crippen LogP contribution in [0.25, 0.3) is 0 Å². The third-order valence-corrected chi connectivity index (χ3v) is 1.47. The summed E-state index contributed by atoms with van der Waals surface area (Å²) in [4.78, 5) is 0. The van der Waals surface area contributed by atoms with E-state index in [9.17, 15) is 0 Å². The van der Waals surface area contributed by atoms with Crippen LogP contribution in [0.2, 0.25) is 0 Å². The fraction of sp³-hybridized carbons (Fsp3) is 0.800. The van der Waals surface area contributed by atoms with Gasteiger partial charge in [0.15, 0.2) is 0 Å². The predicted molar refractivity (Wildman–Crippen MR) is 26.4 cm³/mol. The molecule has 8 heavy (non-hydrogen) atoms. The standard InChI is InChI=1S/C5H8N2.ClH/c6-4-5(7)2-1-3-5;/h1-3,7H2;1H/p-1. The van der Waals surface area contributed by atoms with E-state index in [-0.39, 0.29) is 12.4 Å². The van der Waals surface area contributed by atoms with Gasteiger partial charge >= 0.3 is 0 Å². The maximum absolute atomic E-state index is 8.27. The minimum Gasteiger partial charge on any atom is -1.00 e. The molecule has 1 fully saturated rings. The molecular weight excluding hydrogens is 124 g/mol. The van der Waals surface area contributed by atoms with Crippen molar-refractivity contribution in [1.82, 2.24) is 0 Å². The van der Waals surface area contributed by atoms with Crippen molar-refractivity contribution in [2.24, 2.45) is 5.73 Å². The van der Waals surface area contributed by atoms with Gasteiger partial charge in [0.25, 0.3) is 0 Å². The second-order valence-electron chi connectivity index (χ2n) is 2.12. The van der Waals surface area contributed by atoms with Gasteiger partial charge in [-0.15, -0.1) is 0 Å². The summed E-state index contributed by atoms with van der Waals surface area (Å²) in [6, 6.07) is 2.06. The van der Waals surface area contributed by atoms with Gasteiger partial charge in [0, 0.05) is 0 Å². The molecule has 1 aliphatic rings. The molecule has 0 aromatic rings. The Hall–Kier alpha value is -0.260. The zero-order valence-electron chi connectivity index (χ0n) is 4.52. The third kappa shape index (κ3) is 1.12. The molecule has 2 nitrogen and oxygen atoms in total. The van der Waals surface area contributed by atoms with Crippen LogP contribution in [0.3, 0.4) is 0 Å². The quantitative estimate of drug-likeness (QED) is 0.392. The summed E-state index contributed by atoms with van der Waals surface area (Å²) >= 11 is 0. The van der Waals surface area contributed by atoms with E-state index >= 15 is 0 Å². The SMILES string of the molecule is N#CC1(N)CCC1.[Cl-]. The largest absolute Gasteiger partial charge is 1.00 e. The highest BCUT2D eigenvalue weighted by molar-refractivity contribution is 5.09. The number of rotatable bonds is 0. The molecule has 3 heteroatoms. The van der Waals surface area contributed by atoms with Crippen molar-refractivity contribution in [3.05, 3.63) is 0 Å². The van der Waals surface area contributed by atoms with Crippen molar-refractivity contribution in [1.29, 1.82) is 5.26 Å². The van der Waals surface area contributed by atoms with Crippen LogP contribution in [0.5, 0.6) is 0 Å². The van der Waals surface area contributed by atoms with Gasteiger partial charge in [0.2, 0.25) is 0 Å². The fourth-order valence-electron chi connectivity index (χ4n) is 0.669. The molecule has 46 valence electrons. The molecule has 0 heterocycles. The summed E-state index contributed by atoms with van der Waals surface area (Å²) in [7, 11) is 0. The fourth-order valence-corrected chi connectivity index (χ4v) is 0.669. The summed E-state index contributed by atoms with van der Waals surface area (Å²) in [5, 5.41) is 8.27. The van der Waals surface area contributed by atoms with E-state index < -0.39 is 5.54 Å². The topological polar surface area (TPSA) is 49.8 Å². The van der Waals surface area contributed by atoms with Gasteiger partial charge in [-0.2, -0.15) is 5.26 Å². The number of hydrogen-bond donors (Lipinski definition) is 1. The van der Waals surface area contributed by atoms with Crippen molar-refractivity contribution in [3.63, 3.8) is 0 Å². The van der Waals surface area contributed by atoms with Crippen LogP contribution in [0.1, 0.15) is 19.3 Å². The lowest BCUT2D eigenvalue weighted by molar-refractivity contribution is -0.00000209. The van der Waals surface area contributed by atoms with E-state index in [1.807, 2.05) is 0 Å². The molecule has 0 unspecified atom stereocenters. The van der Waals surface area contributed by atoms with Gasteiger partial charge in [0.05, 0.1) is 6.07 Å². The molecule has 0 amide bonds. The number of nitriles is 1. The molecule has 0 radical (unpaired) electrons. The van der Waals surface area contributed by atoms with E-state index in [4.69, 9.17) is 11.0 Å². The van der Waals surface area contributed by atoms with Crippen LogP contribution in [-0.2, 0) is 0 Å². The first-order valence-electron chi connectivity index (χ1n) is 2.47. The van der Waals surface area contributed by atoms with E-state index in [1.165, 1.54) is 0 Å². The number of halogens is 1. The lowest BCUT2D eigenvalue weighted by Crippen LogP contribution is -3.00. The highest BCUT2D eigenvalue weighted by Crippen LogP contribution is 2.27. The van der Waals surface area contributed by atoms with E-state index in [1.54, 1.807) is 0 Å². The van der Waals surface area contributed by atoms with Crippen molar-refractivity contribution in [2.75, 3.05) is 0 Å². The van der Waals surface area contributed by atoms with Crippen LogP contribution in [0.4, 0.5) is 0 Å². The molecule has 1 rings (SSSR count). The van der Waals surface area contributed by atoms with Gasteiger partial charge in [0.1, 0.15) is 5.54 Å². The Morgan fingerprint density at radius 3 is 2.00 bits per heavy atom. The van der Waals surface area contributed by atoms with Gasteiger partial charge in [-0.05, 0) is 19.3 Å². The van der Waals surface area contributed by atoms with Crippen LogP contribution in [0.15, 0.2) is 0 Å². The number of nitrogens with two attached hydrogens (primary N) is 1. The van der Waals surface area contributed by atoms with Crippen LogP contribution in [0, 0.1) is 11.3 Å². The van der Waals surface area contributed by atoms with E-state index in [0.717, 1.165) is 19.3 Å². The first-order chi connectivity index (χ1) is 3.27. The molecule has 0 spiro atoms. The molecule has 0 aromatic heterocycles. The zero-order valence-corrected chi connectivity index (χ0v) is 5.28. The van der Waals surface area contributed by atoms with Crippen LogP contribution >= 0.6 is 0 Å². The molecule has 0 aliphatic heterocycles. The summed E-state index contributed by atoms with van der Waals surface area (Å²) in [5.41, 5.74) is 5.01. The second-order valence-corrected chi connectivity index (χ2v) is 2.12. The Balaban J connectivity index is 0.000000490. The third-order valence-electron chi connectivity index (χ3n) is 1.47. The monoisotopic (exact) mass is 131 g/mol. The molecule has 2 N–H and O–H groups in total. The summed E-state index contributed by atoms with van der Waals surface area (Å²) in [6.45, 7) is 0. The van der Waals surface area contributed by atoms with E-state index in [0.29, 0.717) is 0 Å². The number of nitrogens with zero attached hydrogens (tertiary/aromatic N) is 1. The minimum absolute atomic E-state index is 0. The maximum Gasteiger partial charge on any atom is 0.104 e. The normalized spacial score (nSPS) is 22.0. The minimum atomic E-state index is -0.431. The highest BCUT2D eigenvalue weighted by atomic mass is 35.5. The first kappa shape index (κ1) is 7.74. The molecule has 0 bridgehead atoms. The summed E-state index contributed by atoms with van der Waals surface area (Å²) in [5.74, 6) is 0. The van der Waals surface area contributed by atoms with Crippen molar-refractivity contribution in [2.45, 2.75) is 24.8 Å². The highest BCUT2D eigenvalue weighted by Gasteiger charge is 2.31. The Kier molecular flexibility index (Phi) is 2.26. The predicted octanol–water partition coefficient (Wildman–Crippen LogP) is -2.60. The van der Waals surface area contributed by atoms with Crippen molar-refractivity contribution in [3.8, 4) is 6.07 Å². The van der Waals surface area contributed by atoms with Gasteiger partial charge < -0.3 is 18.1 Å². The van der Waals surface area contributed by atoms with Crippen molar-refractivity contribution < 1.29 is 12.4 Å². The molecule has 1 aliphatic carbocycles. The van der Waals surface area contributed by atoms with Gasteiger partial charge in [-0.25, -0.2) is 0 Å². The molecule has 0 atom stereocenters. The lowest BCUT2D eigenvalue weighted by atomic mass is 9.79. The smallest absolute Gasteiger partial charge is 0.104 e. The molecule has 0 aromatic carbocycles. The van der Waals surface area contributed by atoms with E-state index in [2.05, 4.69) is 6.07 Å². The molecular formula is C5H8ClN2-. The van der Waals surface area contributed by atoms with Crippen LogP contribution < -0.4 is 18.1 Å². The molecule has 1 saturated carbocycles. The maximum atomic E-state index is 8.27. The average Bonchev–Trinajstić information content (AvgIpc) is 1.61. The summed E-state index contributed by atoms with van der Waals surface area (Å²) < 4.78 is 0. The summed E-state index contributed by atoms with van der Waals surface area (Å²) in [6.07, 6.45) is 2.91. The van der Waals surface area contributed by atoms with Gasteiger partial charge in [-0.3, -0.25) is 0 Å². The Bertz CT molecular complexity index is 112. The first-order valence-corrected chi connectivity index (χ1v) is 2.47. The Labute approximate surface area is 55.1 Å². The van der Waals surface area contributed by atoms with Crippen molar-refractivity contribution >= 4 is 0 Å². The molecule has 0 saturated heterocycles. The lowest BCUT2D eigenvalue weighted by Gasteiger charge is -2.29.